The molecule has 0 amide bonds. The number of carboxylic acids is 1. The van der Waals surface area contributed by atoms with E-state index in [9.17, 15) is 9.59 Å². The predicted molar refractivity (Wildman–Crippen MR) is 81.4 cm³/mol. The third-order valence-electron chi connectivity index (χ3n) is 3.12. The average molecular weight is 302 g/mol. The Kier molecular flexibility index (Phi) is 3.31. The minimum absolute atomic E-state index is 0.0388. The molecule has 21 heavy (non-hydrogen) atoms. The number of aromatic carboxylic acids is 1. The number of hydrogen-bond donors (Lipinski definition) is 2. The third kappa shape index (κ3) is 2.34. The number of benzene rings is 2. The van der Waals surface area contributed by atoms with E-state index < -0.39 is 5.97 Å². The molecule has 3 aromatic rings. The standard InChI is InChI=1S/C15H10O5S/c16-14-10-5-8(15(17)18)1-3-12(10)20-13-4-2-9(19-7-21)6-11(13)14/h1-6,21H,7H2,(H,17,18). The van der Waals surface area contributed by atoms with Gasteiger partial charge < -0.3 is 14.3 Å². The van der Waals surface area contributed by atoms with E-state index in [0.29, 0.717) is 22.3 Å². The second kappa shape index (κ2) is 5.14. The summed E-state index contributed by atoms with van der Waals surface area (Å²) in [6.45, 7) is 0. The van der Waals surface area contributed by atoms with Crippen molar-refractivity contribution in [3.05, 3.63) is 52.2 Å². The van der Waals surface area contributed by atoms with Gasteiger partial charge in [-0.3, -0.25) is 4.79 Å². The van der Waals surface area contributed by atoms with Crippen molar-refractivity contribution < 1.29 is 19.1 Å². The van der Waals surface area contributed by atoms with Crippen LogP contribution in [0.15, 0.2) is 45.6 Å². The van der Waals surface area contributed by atoms with Gasteiger partial charge in [0.1, 0.15) is 22.9 Å². The second-order valence-electron chi connectivity index (χ2n) is 4.38. The fraction of sp³-hybridized carbons (Fsp3) is 0.0667. The molecular weight excluding hydrogens is 292 g/mol. The molecule has 0 aliphatic rings. The van der Waals surface area contributed by atoms with Crippen LogP contribution in [0.5, 0.6) is 5.75 Å². The first-order chi connectivity index (χ1) is 10.1. The van der Waals surface area contributed by atoms with Gasteiger partial charge in [0, 0.05) is 0 Å². The number of carbonyl (C=O) groups is 1. The molecule has 1 aromatic heterocycles. The SMILES string of the molecule is O=C(O)c1ccc2oc3ccc(OCS)cc3c(=O)c2c1. The summed E-state index contributed by atoms with van der Waals surface area (Å²) in [6.07, 6.45) is 0. The first kappa shape index (κ1) is 13.5. The molecule has 0 saturated carbocycles. The normalized spacial score (nSPS) is 10.9. The summed E-state index contributed by atoms with van der Waals surface area (Å²) in [5.41, 5.74) is 0.512. The van der Waals surface area contributed by atoms with Crippen molar-refractivity contribution >= 4 is 40.5 Å². The topological polar surface area (TPSA) is 76.7 Å². The highest BCUT2D eigenvalue weighted by atomic mass is 32.1. The highest BCUT2D eigenvalue weighted by Crippen LogP contribution is 2.23. The first-order valence-electron chi connectivity index (χ1n) is 6.08. The Morgan fingerprint density at radius 1 is 1.14 bits per heavy atom. The quantitative estimate of drug-likeness (QED) is 0.442. The number of thiol groups is 1. The maximum absolute atomic E-state index is 12.5. The summed E-state index contributed by atoms with van der Waals surface area (Å²) in [6, 6.07) is 9.08. The van der Waals surface area contributed by atoms with E-state index in [1.165, 1.54) is 18.2 Å². The third-order valence-corrected chi connectivity index (χ3v) is 3.25. The zero-order valence-corrected chi connectivity index (χ0v) is 11.6. The van der Waals surface area contributed by atoms with E-state index in [4.69, 9.17) is 14.3 Å². The second-order valence-corrected chi connectivity index (χ2v) is 4.64. The monoisotopic (exact) mass is 302 g/mol. The van der Waals surface area contributed by atoms with Crippen LogP contribution in [0, 0.1) is 0 Å². The van der Waals surface area contributed by atoms with Gasteiger partial charge >= 0.3 is 5.97 Å². The number of rotatable bonds is 3. The molecule has 0 saturated heterocycles. The lowest BCUT2D eigenvalue weighted by atomic mass is 10.1. The van der Waals surface area contributed by atoms with Crippen LogP contribution in [-0.4, -0.2) is 17.0 Å². The molecule has 106 valence electrons. The maximum Gasteiger partial charge on any atom is 0.335 e. The van der Waals surface area contributed by atoms with Gasteiger partial charge in [0.25, 0.3) is 0 Å². The summed E-state index contributed by atoms with van der Waals surface area (Å²) in [5.74, 6) is -0.407. The van der Waals surface area contributed by atoms with Crippen LogP contribution in [0.2, 0.25) is 0 Å². The Hall–Kier alpha value is -2.47. The minimum atomic E-state index is -1.09. The lowest BCUT2D eigenvalue weighted by Crippen LogP contribution is -2.05. The van der Waals surface area contributed by atoms with Crippen molar-refractivity contribution in [1.82, 2.24) is 0 Å². The van der Waals surface area contributed by atoms with Crippen molar-refractivity contribution in [2.24, 2.45) is 0 Å². The molecule has 0 radical (unpaired) electrons. The fourth-order valence-electron chi connectivity index (χ4n) is 2.13. The van der Waals surface area contributed by atoms with Gasteiger partial charge in [0.2, 0.25) is 5.43 Å². The number of carboxylic acid groups (broad SMARTS) is 1. The summed E-state index contributed by atoms with van der Waals surface area (Å²) in [4.78, 5) is 23.5. The van der Waals surface area contributed by atoms with E-state index in [1.54, 1.807) is 18.2 Å². The van der Waals surface area contributed by atoms with Crippen LogP contribution in [-0.2, 0) is 0 Å². The molecule has 1 heterocycles. The van der Waals surface area contributed by atoms with Gasteiger partial charge in [-0.25, -0.2) is 4.79 Å². The lowest BCUT2D eigenvalue weighted by molar-refractivity contribution is 0.0697. The van der Waals surface area contributed by atoms with Crippen molar-refractivity contribution in [2.45, 2.75) is 0 Å². The molecule has 0 unspecified atom stereocenters. The maximum atomic E-state index is 12.5. The Labute approximate surface area is 124 Å². The van der Waals surface area contributed by atoms with Crippen LogP contribution in [0.1, 0.15) is 10.4 Å². The number of ether oxygens (including phenoxy) is 1. The van der Waals surface area contributed by atoms with Gasteiger partial charge in [-0.15, -0.1) is 12.6 Å². The van der Waals surface area contributed by atoms with E-state index in [2.05, 4.69) is 12.6 Å². The fourth-order valence-corrected chi connectivity index (χ4v) is 2.28. The Morgan fingerprint density at radius 3 is 2.48 bits per heavy atom. The first-order valence-corrected chi connectivity index (χ1v) is 6.71. The van der Waals surface area contributed by atoms with Crippen LogP contribution in [0.3, 0.4) is 0 Å². The zero-order valence-electron chi connectivity index (χ0n) is 10.7. The van der Waals surface area contributed by atoms with E-state index in [0.717, 1.165) is 0 Å². The molecule has 0 fully saturated rings. The highest BCUT2D eigenvalue weighted by Gasteiger charge is 2.11. The van der Waals surface area contributed by atoms with Crippen molar-refractivity contribution in [1.29, 1.82) is 0 Å². The highest BCUT2D eigenvalue weighted by molar-refractivity contribution is 7.80. The molecule has 0 atom stereocenters. The molecule has 2 aromatic carbocycles. The molecule has 0 spiro atoms. The molecule has 1 N–H and O–H groups in total. The van der Waals surface area contributed by atoms with Gasteiger partial charge in [-0.2, -0.15) is 0 Å². The van der Waals surface area contributed by atoms with Gasteiger partial charge in [-0.1, -0.05) is 0 Å². The molecular formula is C15H10O5S. The largest absolute Gasteiger partial charge is 0.483 e. The summed E-state index contributed by atoms with van der Waals surface area (Å²) in [7, 11) is 0. The number of hydrogen-bond acceptors (Lipinski definition) is 5. The van der Waals surface area contributed by atoms with E-state index >= 15 is 0 Å². The van der Waals surface area contributed by atoms with Crippen molar-refractivity contribution in [3.63, 3.8) is 0 Å². The summed E-state index contributed by atoms with van der Waals surface area (Å²) < 4.78 is 10.9. The van der Waals surface area contributed by atoms with Crippen molar-refractivity contribution in [3.8, 4) is 5.75 Å². The van der Waals surface area contributed by atoms with Crippen LogP contribution in [0.25, 0.3) is 21.9 Å². The summed E-state index contributed by atoms with van der Waals surface area (Å²) >= 11 is 3.96. The molecule has 0 bridgehead atoms. The van der Waals surface area contributed by atoms with Crippen LogP contribution < -0.4 is 10.2 Å². The number of fused-ring (bicyclic) bond motifs is 2. The molecule has 0 aliphatic heterocycles. The van der Waals surface area contributed by atoms with Gasteiger partial charge in [0.05, 0.1) is 16.3 Å². The molecule has 6 heteroatoms. The van der Waals surface area contributed by atoms with Crippen LogP contribution >= 0.6 is 12.6 Å². The molecule has 5 nitrogen and oxygen atoms in total. The Bertz CT molecular complexity index is 913. The van der Waals surface area contributed by atoms with E-state index in [-0.39, 0.29) is 22.3 Å². The molecule has 0 aliphatic carbocycles. The smallest absolute Gasteiger partial charge is 0.335 e. The lowest BCUT2D eigenvalue weighted by Gasteiger charge is -2.05. The van der Waals surface area contributed by atoms with Gasteiger partial charge in [0.15, 0.2) is 0 Å². The molecule has 3 rings (SSSR count). The van der Waals surface area contributed by atoms with Crippen molar-refractivity contribution in [2.75, 3.05) is 5.94 Å². The Balaban J connectivity index is 2.34. The van der Waals surface area contributed by atoms with Crippen LogP contribution in [0.4, 0.5) is 0 Å². The Morgan fingerprint density at radius 2 is 1.81 bits per heavy atom. The zero-order chi connectivity index (χ0) is 15.0. The minimum Gasteiger partial charge on any atom is -0.483 e. The van der Waals surface area contributed by atoms with Gasteiger partial charge in [-0.05, 0) is 36.4 Å². The van der Waals surface area contributed by atoms with E-state index in [1.807, 2.05) is 0 Å². The summed E-state index contributed by atoms with van der Waals surface area (Å²) in [5, 5.41) is 9.57. The predicted octanol–water partition coefficient (Wildman–Crippen LogP) is 2.91. The average Bonchev–Trinajstić information content (AvgIpc) is 2.48.